The minimum atomic E-state index is -0.414. The van der Waals surface area contributed by atoms with Crippen LogP contribution in [0.3, 0.4) is 0 Å². The number of para-hydroxylation sites is 1. The standard InChI is InChI=1S/C19H25NO2/c1-15(21)12-18-10-6-7-11-19(18)20(13-16(2)22)14-17-8-4-3-5-9-17/h3-11,15-16,21-22H,12-14H2,1-2H3. The van der Waals surface area contributed by atoms with E-state index >= 15 is 0 Å². The lowest BCUT2D eigenvalue weighted by Crippen LogP contribution is -2.31. The van der Waals surface area contributed by atoms with Gasteiger partial charge in [-0.3, -0.25) is 0 Å². The molecule has 3 nitrogen and oxygen atoms in total. The van der Waals surface area contributed by atoms with E-state index in [9.17, 15) is 10.2 Å². The maximum Gasteiger partial charge on any atom is 0.0687 e. The van der Waals surface area contributed by atoms with E-state index in [0.717, 1.165) is 17.8 Å². The van der Waals surface area contributed by atoms with E-state index in [1.807, 2.05) is 36.4 Å². The third-order valence-electron chi connectivity index (χ3n) is 3.55. The fourth-order valence-electron chi connectivity index (χ4n) is 2.68. The molecule has 0 radical (unpaired) electrons. The first-order valence-corrected chi connectivity index (χ1v) is 7.79. The Morgan fingerprint density at radius 2 is 1.50 bits per heavy atom. The summed E-state index contributed by atoms with van der Waals surface area (Å²) in [5, 5.41) is 19.6. The average Bonchev–Trinajstić information content (AvgIpc) is 2.47. The van der Waals surface area contributed by atoms with Crippen molar-refractivity contribution in [2.24, 2.45) is 0 Å². The van der Waals surface area contributed by atoms with E-state index < -0.39 is 6.10 Å². The van der Waals surface area contributed by atoms with Crippen molar-refractivity contribution in [1.29, 1.82) is 0 Å². The second-order valence-corrected chi connectivity index (χ2v) is 5.90. The van der Waals surface area contributed by atoms with Gasteiger partial charge in [0.05, 0.1) is 12.2 Å². The van der Waals surface area contributed by atoms with Gasteiger partial charge in [0.2, 0.25) is 0 Å². The van der Waals surface area contributed by atoms with E-state index in [4.69, 9.17) is 0 Å². The molecule has 2 atom stereocenters. The van der Waals surface area contributed by atoms with Gasteiger partial charge in [0.25, 0.3) is 0 Å². The summed E-state index contributed by atoms with van der Waals surface area (Å²) in [5.74, 6) is 0. The summed E-state index contributed by atoms with van der Waals surface area (Å²) in [6.07, 6.45) is -0.184. The molecule has 0 saturated heterocycles. The molecule has 0 aliphatic rings. The molecular weight excluding hydrogens is 274 g/mol. The zero-order chi connectivity index (χ0) is 15.9. The Hall–Kier alpha value is -1.84. The quantitative estimate of drug-likeness (QED) is 0.826. The third kappa shape index (κ3) is 4.86. The third-order valence-corrected chi connectivity index (χ3v) is 3.55. The highest BCUT2D eigenvalue weighted by Gasteiger charge is 2.14. The minimum absolute atomic E-state index is 0.383. The van der Waals surface area contributed by atoms with Gasteiger partial charge in [0, 0.05) is 25.2 Å². The lowest BCUT2D eigenvalue weighted by molar-refractivity contribution is 0.194. The van der Waals surface area contributed by atoms with Crippen LogP contribution in [0.25, 0.3) is 0 Å². The molecule has 0 heterocycles. The Morgan fingerprint density at radius 1 is 0.864 bits per heavy atom. The van der Waals surface area contributed by atoms with Gasteiger partial charge < -0.3 is 15.1 Å². The molecule has 0 saturated carbocycles. The fraction of sp³-hybridized carbons (Fsp3) is 0.368. The molecule has 2 N–H and O–H groups in total. The van der Waals surface area contributed by atoms with Gasteiger partial charge in [-0.15, -0.1) is 0 Å². The van der Waals surface area contributed by atoms with Crippen LogP contribution in [0.4, 0.5) is 5.69 Å². The van der Waals surface area contributed by atoms with Crippen molar-refractivity contribution in [3.63, 3.8) is 0 Å². The monoisotopic (exact) mass is 299 g/mol. The number of nitrogens with zero attached hydrogens (tertiary/aromatic N) is 1. The van der Waals surface area contributed by atoms with Crippen LogP contribution in [-0.4, -0.2) is 29.0 Å². The zero-order valence-electron chi connectivity index (χ0n) is 13.3. The Balaban J connectivity index is 2.29. The maximum absolute atomic E-state index is 9.84. The highest BCUT2D eigenvalue weighted by molar-refractivity contribution is 5.54. The Bertz CT molecular complexity index is 567. The minimum Gasteiger partial charge on any atom is -0.393 e. The molecule has 0 aliphatic carbocycles. The largest absolute Gasteiger partial charge is 0.393 e. The molecular formula is C19H25NO2. The predicted octanol–water partition coefficient (Wildman–Crippen LogP) is 3.00. The maximum atomic E-state index is 9.84. The van der Waals surface area contributed by atoms with Gasteiger partial charge in [-0.05, 0) is 31.0 Å². The summed E-state index contributed by atoms with van der Waals surface area (Å²) in [6, 6.07) is 18.3. The smallest absolute Gasteiger partial charge is 0.0687 e. The van der Waals surface area contributed by atoms with Crippen molar-refractivity contribution in [3.8, 4) is 0 Å². The highest BCUT2D eigenvalue weighted by Crippen LogP contribution is 2.24. The summed E-state index contributed by atoms with van der Waals surface area (Å²) >= 11 is 0. The van der Waals surface area contributed by atoms with Crippen LogP contribution in [0.15, 0.2) is 54.6 Å². The number of benzene rings is 2. The number of hydrogen-bond donors (Lipinski definition) is 2. The van der Waals surface area contributed by atoms with Crippen molar-refractivity contribution in [2.45, 2.75) is 39.0 Å². The van der Waals surface area contributed by atoms with E-state index in [-0.39, 0.29) is 6.10 Å². The second kappa shape index (κ2) is 7.97. The summed E-state index contributed by atoms with van der Waals surface area (Å²) in [6.45, 7) is 4.90. The molecule has 0 bridgehead atoms. The van der Waals surface area contributed by atoms with Crippen LogP contribution in [-0.2, 0) is 13.0 Å². The molecule has 22 heavy (non-hydrogen) atoms. The van der Waals surface area contributed by atoms with Crippen LogP contribution < -0.4 is 4.90 Å². The SMILES string of the molecule is CC(O)Cc1ccccc1N(Cc1ccccc1)CC(C)O. The normalized spacial score (nSPS) is 13.6. The Labute approximate surface area is 132 Å². The van der Waals surface area contributed by atoms with Gasteiger partial charge in [0.15, 0.2) is 0 Å². The molecule has 0 amide bonds. The summed E-state index contributed by atoms with van der Waals surface area (Å²) < 4.78 is 0. The van der Waals surface area contributed by atoms with Crippen LogP contribution in [0, 0.1) is 0 Å². The Morgan fingerprint density at radius 3 is 2.14 bits per heavy atom. The van der Waals surface area contributed by atoms with Crippen LogP contribution in [0.5, 0.6) is 0 Å². The molecule has 0 fully saturated rings. The van der Waals surface area contributed by atoms with Crippen molar-refractivity contribution < 1.29 is 10.2 Å². The lowest BCUT2D eigenvalue weighted by atomic mass is 10.0. The van der Waals surface area contributed by atoms with Crippen molar-refractivity contribution in [3.05, 3.63) is 65.7 Å². The average molecular weight is 299 g/mol. The van der Waals surface area contributed by atoms with Gasteiger partial charge in [-0.25, -0.2) is 0 Å². The van der Waals surface area contributed by atoms with Crippen molar-refractivity contribution in [2.75, 3.05) is 11.4 Å². The van der Waals surface area contributed by atoms with E-state index in [0.29, 0.717) is 13.0 Å². The predicted molar refractivity (Wildman–Crippen MR) is 91.0 cm³/mol. The molecule has 2 aromatic rings. The van der Waals surface area contributed by atoms with Gasteiger partial charge in [-0.1, -0.05) is 48.5 Å². The van der Waals surface area contributed by atoms with E-state index in [1.165, 1.54) is 5.56 Å². The number of aliphatic hydroxyl groups is 2. The van der Waals surface area contributed by atoms with Gasteiger partial charge in [-0.2, -0.15) is 0 Å². The van der Waals surface area contributed by atoms with E-state index in [2.05, 4.69) is 23.1 Å². The van der Waals surface area contributed by atoms with Crippen molar-refractivity contribution in [1.82, 2.24) is 0 Å². The lowest BCUT2D eigenvalue weighted by Gasteiger charge is -2.29. The number of anilines is 1. The highest BCUT2D eigenvalue weighted by atomic mass is 16.3. The molecule has 0 spiro atoms. The first-order chi connectivity index (χ1) is 10.6. The summed E-state index contributed by atoms with van der Waals surface area (Å²) in [4.78, 5) is 2.18. The molecule has 118 valence electrons. The van der Waals surface area contributed by atoms with Crippen LogP contribution >= 0.6 is 0 Å². The zero-order valence-corrected chi connectivity index (χ0v) is 13.3. The Kier molecular flexibility index (Phi) is 5.99. The molecule has 0 aromatic heterocycles. The fourth-order valence-corrected chi connectivity index (χ4v) is 2.68. The van der Waals surface area contributed by atoms with Crippen molar-refractivity contribution >= 4 is 5.69 Å². The topological polar surface area (TPSA) is 43.7 Å². The summed E-state index contributed by atoms with van der Waals surface area (Å²) in [5.41, 5.74) is 3.39. The molecule has 2 unspecified atom stereocenters. The molecule has 3 heteroatoms. The number of rotatable bonds is 7. The van der Waals surface area contributed by atoms with Crippen LogP contribution in [0.2, 0.25) is 0 Å². The van der Waals surface area contributed by atoms with Gasteiger partial charge >= 0.3 is 0 Å². The number of aliphatic hydroxyl groups excluding tert-OH is 2. The second-order valence-electron chi connectivity index (χ2n) is 5.90. The molecule has 0 aliphatic heterocycles. The first-order valence-electron chi connectivity index (χ1n) is 7.79. The number of hydrogen-bond acceptors (Lipinski definition) is 3. The van der Waals surface area contributed by atoms with Crippen LogP contribution in [0.1, 0.15) is 25.0 Å². The van der Waals surface area contributed by atoms with Gasteiger partial charge in [0.1, 0.15) is 0 Å². The molecule has 2 rings (SSSR count). The van der Waals surface area contributed by atoms with E-state index in [1.54, 1.807) is 13.8 Å². The molecule has 2 aromatic carbocycles. The first kappa shape index (κ1) is 16.5. The summed E-state index contributed by atoms with van der Waals surface area (Å²) in [7, 11) is 0.